The highest BCUT2D eigenvalue weighted by Gasteiger charge is 2.26. The van der Waals surface area contributed by atoms with E-state index in [0.717, 1.165) is 63.5 Å². The van der Waals surface area contributed by atoms with Gasteiger partial charge in [-0.2, -0.15) is 0 Å². The molecule has 0 radical (unpaired) electrons. The van der Waals surface area contributed by atoms with Gasteiger partial charge < -0.3 is 20.4 Å². The van der Waals surface area contributed by atoms with Crippen molar-refractivity contribution in [1.82, 2.24) is 14.8 Å². The number of likely N-dealkylation sites (tertiary alicyclic amines) is 1. The molecule has 1 aromatic rings. The molecule has 1 amide bonds. The highest BCUT2D eigenvalue weighted by Crippen LogP contribution is 2.22. The van der Waals surface area contributed by atoms with E-state index in [1.807, 2.05) is 17.0 Å². The zero-order chi connectivity index (χ0) is 17.1. The van der Waals surface area contributed by atoms with Crippen LogP contribution in [0.5, 0.6) is 0 Å². The van der Waals surface area contributed by atoms with Gasteiger partial charge in [0.25, 0.3) is 5.91 Å². The standard InChI is InChI=1S/C18H29N5O/c1-14(19)15-4-7-23(8-5-15)18(24)16-3-6-20-17(13-16)22-11-9-21(2)10-12-22/h3,6,13-15H,4-5,7-12,19H2,1-2H3. The first-order chi connectivity index (χ1) is 11.5. The van der Waals surface area contributed by atoms with Crippen LogP contribution in [0.25, 0.3) is 0 Å². The second-order valence-corrected chi connectivity index (χ2v) is 7.18. The Morgan fingerprint density at radius 3 is 2.50 bits per heavy atom. The van der Waals surface area contributed by atoms with Crippen molar-refractivity contribution in [3.05, 3.63) is 23.9 Å². The molecule has 2 saturated heterocycles. The van der Waals surface area contributed by atoms with Gasteiger partial charge in [-0.05, 0) is 44.9 Å². The summed E-state index contributed by atoms with van der Waals surface area (Å²) in [4.78, 5) is 23.8. The Labute approximate surface area is 144 Å². The SMILES string of the molecule is CC(N)C1CCN(C(=O)c2ccnc(N3CCN(C)CC3)c2)CC1. The van der Waals surface area contributed by atoms with Crippen molar-refractivity contribution in [3.63, 3.8) is 0 Å². The average molecular weight is 331 g/mol. The van der Waals surface area contributed by atoms with Gasteiger partial charge in [-0.1, -0.05) is 0 Å². The summed E-state index contributed by atoms with van der Waals surface area (Å²) in [6, 6.07) is 4.00. The van der Waals surface area contributed by atoms with Gasteiger partial charge in [0.15, 0.2) is 0 Å². The topological polar surface area (TPSA) is 65.7 Å². The van der Waals surface area contributed by atoms with Crippen LogP contribution >= 0.6 is 0 Å². The predicted octanol–water partition coefficient (Wildman–Crippen LogP) is 1.03. The molecular weight excluding hydrogens is 302 g/mol. The molecule has 1 unspecified atom stereocenters. The molecule has 0 saturated carbocycles. The molecule has 1 atom stereocenters. The summed E-state index contributed by atoms with van der Waals surface area (Å²) >= 11 is 0. The molecule has 2 fully saturated rings. The number of hydrogen-bond acceptors (Lipinski definition) is 5. The van der Waals surface area contributed by atoms with Gasteiger partial charge in [-0.3, -0.25) is 4.79 Å². The van der Waals surface area contributed by atoms with Crippen LogP contribution in [0.1, 0.15) is 30.1 Å². The number of amides is 1. The van der Waals surface area contributed by atoms with Gasteiger partial charge >= 0.3 is 0 Å². The van der Waals surface area contributed by atoms with Crippen molar-refractivity contribution in [1.29, 1.82) is 0 Å². The van der Waals surface area contributed by atoms with Gasteiger partial charge in [0.05, 0.1) is 0 Å². The van der Waals surface area contributed by atoms with Crippen molar-refractivity contribution in [2.24, 2.45) is 11.7 Å². The van der Waals surface area contributed by atoms with Gasteiger partial charge in [-0.15, -0.1) is 0 Å². The largest absolute Gasteiger partial charge is 0.354 e. The first-order valence-corrected chi connectivity index (χ1v) is 8.99. The number of aromatic nitrogens is 1. The molecule has 0 aromatic carbocycles. The smallest absolute Gasteiger partial charge is 0.254 e. The molecule has 24 heavy (non-hydrogen) atoms. The molecule has 6 heteroatoms. The van der Waals surface area contributed by atoms with Crippen LogP contribution in [0.15, 0.2) is 18.3 Å². The quantitative estimate of drug-likeness (QED) is 0.896. The minimum Gasteiger partial charge on any atom is -0.354 e. The summed E-state index contributed by atoms with van der Waals surface area (Å²) in [6.07, 6.45) is 3.76. The second-order valence-electron chi connectivity index (χ2n) is 7.18. The van der Waals surface area contributed by atoms with Crippen LogP contribution in [0.2, 0.25) is 0 Å². The summed E-state index contributed by atoms with van der Waals surface area (Å²) in [5, 5.41) is 0. The van der Waals surface area contributed by atoms with Gasteiger partial charge in [-0.25, -0.2) is 4.98 Å². The zero-order valence-corrected chi connectivity index (χ0v) is 14.8. The van der Waals surface area contributed by atoms with E-state index in [1.54, 1.807) is 6.20 Å². The van der Waals surface area contributed by atoms with Crippen LogP contribution in [0, 0.1) is 5.92 Å². The molecule has 0 aliphatic carbocycles. The Morgan fingerprint density at radius 2 is 1.88 bits per heavy atom. The summed E-state index contributed by atoms with van der Waals surface area (Å²) in [5.74, 6) is 1.57. The average Bonchev–Trinajstić information content (AvgIpc) is 2.62. The Balaban J connectivity index is 1.64. The van der Waals surface area contributed by atoms with Crippen LogP contribution in [0.4, 0.5) is 5.82 Å². The number of rotatable bonds is 3. The lowest BCUT2D eigenvalue weighted by molar-refractivity contribution is 0.0681. The third-order valence-electron chi connectivity index (χ3n) is 5.39. The molecule has 2 aliphatic heterocycles. The zero-order valence-electron chi connectivity index (χ0n) is 14.8. The van der Waals surface area contributed by atoms with Crippen LogP contribution in [-0.2, 0) is 0 Å². The van der Waals surface area contributed by atoms with E-state index in [2.05, 4.69) is 28.8 Å². The van der Waals surface area contributed by atoms with E-state index in [0.29, 0.717) is 5.92 Å². The first-order valence-electron chi connectivity index (χ1n) is 8.99. The molecule has 2 aliphatic rings. The fraction of sp³-hybridized carbons (Fsp3) is 0.667. The van der Waals surface area contributed by atoms with Gasteiger partial charge in [0.2, 0.25) is 0 Å². The number of nitrogens with zero attached hydrogens (tertiary/aromatic N) is 4. The van der Waals surface area contributed by atoms with Crippen molar-refractivity contribution >= 4 is 11.7 Å². The third kappa shape index (κ3) is 3.87. The third-order valence-corrected chi connectivity index (χ3v) is 5.39. The maximum atomic E-state index is 12.8. The minimum absolute atomic E-state index is 0.121. The van der Waals surface area contributed by atoms with Crippen molar-refractivity contribution in [3.8, 4) is 0 Å². The summed E-state index contributed by atoms with van der Waals surface area (Å²) in [7, 11) is 2.14. The van der Waals surface area contributed by atoms with E-state index < -0.39 is 0 Å². The summed E-state index contributed by atoms with van der Waals surface area (Å²) < 4.78 is 0. The summed E-state index contributed by atoms with van der Waals surface area (Å²) in [5.41, 5.74) is 6.74. The number of carbonyl (C=O) groups is 1. The number of hydrogen-bond donors (Lipinski definition) is 1. The minimum atomic E-state index is 0.121. The Morgan fingerprint density at radius 1 is 1.21 bits per heavy atom. The number of nitrogens with two attached hydrogens (primary N) is 1. The number of carbonyl (C=O) groups excluding carboxylic acids is 1. The van der Waals surface area contributed by atoms with E-state index in [-0.39, 0.29) is 11.9 Å². The maximum absolute atomic E-state index is 12.8. The lowest BCUT2D eigenvalue weighted by Gasteiger charge is -2.34. The molecule has 1 aromatic heterocycles. The van der Waals surface area contributed by atoms with E-state index >= 15 is 0 Å². The van der Waals surface area contributed by atoms with E-state index in [1.165, 1.54) is 0 Å². The molecule has 3 rings (SSSR count). The molecule has 132 valence electrons. The molecule has 0 bridgehead atoms. The Bertz CT molecular complexity index is 560. The van der Waals surface area contributed by atoms with Crippen molar-refractivity contribution in [2.45, 2.75) is 25.8 Å². The predicted molar refractivity (Wildman–Crippen MR) is 96.2 cm³/mol. The van der Waals surface area contributed by atoms with E-state index in [4.69, 9.17) is 5.73 Å². The first kappa shape index (κ1) is 17.2. The Kier molecular flexibility index (Phi) is 5.36. The van der Waals surface area contributed by atoms with Crippen LogP contribution in [0.3, 0.4) is 0 Å². The fourth-order valence-electron chi connectivity index (χ4n) is 3.57. The van der Waals surface area contributed by atoms with Crippen molar-refractivity contribution < 1.29 is 4.79 Å². The van der Waals surface area contributed by atoms with Crippen molar-refractivity contribution in [2.75, 3.05) is 51.2 Å². The monoisotopic (exact) mass is 331 g/mol. The number of piperidine rings is 1. The molecular formula is C18H29N5O. The number of pyridine rings is 1. The van der Waals surface area contributed by atoms with Gasteiger partial charge in [0.1, 0.15) is 5.82 Å². The van der Waals surface area contributed by atoms with Crippen LogP contribution in [-0.4, -0.2) is 73.0 Å². The number of piperazine rings is 1. The number of anilines is 1. The lowest BCUT2D eigenvalue weighted by atomic mass is 9.91. The molecule has 6 nitrogen and oxygen atoms in total. The van der Waals surface area contributed by atoms with Crippen LogP contribution < -0.4 is 10.6 Å². The highest BCUT2D eigenvalue weighted by molar-refractivity contribution is 5.94. The fourth-order valence-corrected chi connectivity index (χ4v) is 3.57. The second kappa shape index (κ2) is 7.49. The molecule has 2 N–H and O–H groups in total. The Hall–Kier alpha value is -1.66. The van der Waals surface area contributed by atoms with E-state index in [9.17, 15) is 4.79 Å². The highest BCUT2D eigenvalue weighted by atomic mass is 16.2. The summed E-state index contributed by atoms with van der Waals surface area (Å²) in [6.45, 7) is 7.65. The molecule has 3 heterocycles. The normalized spacial score (nSPS) is 21.8. The number of likely N-dealkylation sites (N-methyl/N-ethyl adjacent to an activating group) is 1. The lowest BCUT2D eigenvalue weighted by Crippen LogP contribution is -2.45. The maximum Gasteiger partial charge on any atom is 0.254 e. The molecule has 0 spiro atoms. The van der Waals surface area contributed by atoms with Gasteiger partial charge in [0, 0.05) is 57.1 Å².